The molecule has 1 N–H and O–H groups in total. The fourth-order valence-corrected chi connectivity index (χ4v) is 4.07. The van der Waals surface area contributed by atoms with Gasteiger partial charge in [0.25, 0.3) is 0 Å². The van der Waals surface area contributed by atoms with E-state index in [1.807, 2.05) is 0 Å². The highest BCUT2D eigenvalue weighted by Crippen LogP contribution is 2.35. The molecule has 0 bridgehead atoms. The van der Waals surface area contributed by atoms with Crippen molar-refractivity contribution in [1.82, 2.24) is 10.3 Å². The topological polar surface area (TPSA) is 43.4 Å². The molecule has 0 radical (unpaired) electrons. The molecule has 0 aliphatic carbocycles. The number of hydrogen-bond acceptors (Lipinski definition) is 5. The summed E-state index contributed by atoms with van der Waals surface area (Å²) < 4.78 is 11.4. The van der Waals surface area contributed by atoms with Gasteiger partial charge in [-0.25, -0.2) is 4.98 Å². The average Bonchev–Trinajstić information content (AvgIpc) is 3.03. The molecule has 3 rings (SSSR count). The van der Waals surface area contributed by atoms with Crippen LogP contribution in [0.2, 0.25) is 0 Å². The van der Waals surface area contributed by atoms with Gasteiger partial charge in [-0.2, -0.15) is 0 Å². The molecule has 23 heavy (non-hydrogen) atoms. The minimum absolute atomic E-state index is 0.250. The minimum Gasteiger partial charge on any atom is -0.496 e. The summed E-state index contributed by atoms with van der Waals surface area (Å²) in [5.41, 5.74) is 3.48. The van der Waals surface area contributed by atoms with Crippen molar-refractivity contribution in [2.75, 3.05) is 7.11 Å². The predicted octanol–water partition coefficient (Wildman–Crippen LogP) is 3.94. The largest absolute Gasteiger partial charge is 0.496 e. The highest BCUT2D eigenvalue weighted by Gasteiger charge is 2.22. The normalized spacial score (nSPS) is 17.7. The molecule has 2 aromatic rings. The summed E-state index contributed by atoms with van der Waals surface area (Å²) in [5.74, 6) is 1.92. The van der Waals surface area contributed by atoms with Gasteiger partial charge in [0.05, 0.1) is 17.8 Å². The first-order valence-corrected chi connectivity index (χ1v) is 8.83. The second-order valence-corrected chi connectivity index (χ2v) is 7.42. The van der Waals surface area contributed by atoms with Crippen LogP contribution in [0.4, 0.5) is 0 Å². The van der Waals surface area contributed by atoms with Crippen LogP contribution in [0, 0.1) is 13.8 Å². The van der Waals surface area contributed by atoms with Crippen molar-refractivity contribution < 1.29 is 9.47 Å². The Balaban J connectivity index is 1.75. The Labute approximate surface area is 141 Å². The summed E-state index contributed by atoms with van der Waals surface area (Å²) >= 11 is 1.76. The summed E-state index contributed by atoms with van der Waals surface area (Å²) in [7, 11) is 1.73. The zero-order valence-corrected chi connectivity index (χ0v) is 15.2. The van der Waals surface area contributed by atoms with Gasteiger partial charge < -0.3 is 14.8 Å². The van der Waals surface area contributed by atoms with Gasteiger partial charge in [-0.05, 0) is 39.8 Å². The summed E-state index contributed by atoms with van der Waals surface area (Å²) in [6.07, 6.45) is 1.20. The van der Waals surface area contributed by atoms with E-state index in [9.17, 15) is 0 Å². The molecule has 1 aliphatic rings. The number of ether oxygens (including phenoxy) is 2. The molecule has 1 aromatic heterocycles. The number of nitrogens with zero attached hydrogens (tertiary/aromatic N) is 1. The van der Waals surface area contributed by atoms with Crippen molar-refractivity contribution in [2.45, 2.75) is 52.8 Å². The number of aromatic nitrogens is 1. The highest BCUT2D eigenvalue weighted by atomic mass is 32.1. The standard InChI is InChI=1S/C18H24N2O2S/c1-10-6-14-7-16(21-5)15(8-17(14)22-10)9-19-11(2)18-12(3)20-13(4)23-18/h7-8,10-11,19H,6,9H2,1-5H3. The third kappa shape index (κ3) is 3.35. The van der Waals surface area contributed by atoms with E-state index < -0.39 is 0 Å². The van der Waals surface area contributed by atoms with Crippen molar-refractivity contribution in [3.63, 3.8) is 0 Å². The molecule has 1 aliphatic heterocycles. The smallest absolute Gasteiger partial charge is 0.123 e. The molecule has 4 nitrogen and oxygen atoms in total. The zero-order chi connectivity index (χ0) is 16.6. The lowest BCUT2D eigenvalue weighted by Gasteiger charge is -2.16. The molecular formula is C18H24N2O2S. The van der Waals surface area contributed by atoms with Gasteiger partial charge in [0.2, 0.25) is 0 Å². The second-order valence-electron chi connectivity index (χ2n) is 6.19. The SMILES string of the molecule is COc1cc2c(cc1CNC(C)c1sc(C)nc1C)OC(C)C2. The van der Waals surface area contributed by atoms with E-state index in [-0.39, 0.29) is 12.1 Å². The van der Waals surface area contributed by atoms with Crippen LogP contribution in [0.15, 0.2) is 12.1 Å². The minimum atomic E-state index is 0.250. The van der Waals surface area contributed by atoms with Crippen LogP contribution in [0.25, 0.3) is 0 Å². The molecule has 124 valence electrons. The van der Waals surface area contributed by atoms with Crippen LogP contribution in [-0.2, 0) is 13.0 Å². The first-order chi connectivity index (χ1) is 11.0. The van der Waals surface area contributed by atoms with E-state index in [0.29, 0.717) is 0 Å². The molecule has 0 saturated carbocycles. The number of thiazole rings is 1. The number of aryl methyl sites for hydroxylation is 2. The Morgan fingerprint density at radius 3 is 2.87 bits per heavy atom. The van der Waals surface area contributed by atoms with Gasteiger partial charge >= 0.3 is 0 Å². The van der Waals surface area contributed by atoms with Crippen LogP contribution in [-0.4, -0.2) is 18.2 Å². The third-order valence-corrected chi connectivity index (χ3v) is 5.49. The van der Waals surface area contributed by atoms with Crippen molar-refractivity contribution in [2.24, 2.45) is 0 Å². The lowest BCUT2D eigenvalue weighted by atomic mass is 10.1. The molecule has 2 unspecified atom stereocenters. The van der Waals surface area contributed by atoms with Crippen LogP contribution in [0.3, 0.4) is 0 Å². The molecule has 2 atom stereocenters. The maximum Gasteiger partial charge on any atom is 0.123 e. The van der Waals surface area contributed by atoms with Crippen molar-refractivity contribution in [3.8, 4) is 11.5 Å². The average molecular weight is 332 g/mol. The number of methoxy groups -OCH3 is 1. The Bertz CT molecular complexity index is 711. The Kier molecular flexibility index (Phi) is 4.60. The van der Waals surface area contributed by atoms with Gasteiger partial charge in [-0.15, -0.1) is 11.3 Å². The van der Waals surface area contributed by atoms with Gasteiger partial charge in [-0.1, -0.05) is 0 Å². The number of nitrogens with one attached hydrogen (secondary N) is 1. The molecule has 2 heterocycles. The van der Waals surface area contributed by atoms with Crippen molar-refractivity contribution >= 4 is 11.3 Å². The lowest BCUT2D eigenvalue weighted by molar-refractivity contribution is 0.254. The first-order valence-electron chi connectivity index (χ1n) is 8.01. The molecule has 0 fully saturated rings. The first kappa shape index (κ1) is 16.3. The quantitative estimate of drug-likeness (QED) is 0.900. The fourth-order valence-electron chi connectivity index (χ4n) is 3.11. The maximum absolute atomic E-state index is 5.87. The molecule has 1 aromatic carbocycles. The zero-order valence-electron chi connectivity index (χ0n) is 14.4. The Hall–Kier alpha value is -1.59. The van der Waals surface area contributed by atoms with Crippen LogP contribution < -0.4 is 14.8 Å². The number of fused-ring (bicyclic) bond motifs is 1. The molecule has 0 saturated heterocycles. The monoisotopic (exact) mass is 332 g/mol. The van der Waals surface area contributed by atoms with E-state index in [1.165, 1.54) is 10.4 Å². The van der Waals surface area contributed by atoms with Gasteiger partial charge in [0.15, 0.2) is 0 Å². The summed E-state index contributed by atoms with van der Waals surface area (Å²) in [6, 6.07) is 4.49. The number of benzene rings is 1. The second kappa shape index (κ2) is 6.49. The number of hydrogen-bond donors (Lipinski definition) is 1. The third-order valence-electron chi connectivity index (χ3n) is 4.23. The van der Waals surface area contributed by atoms with E-state index in [4.69, 9.17) is 9.47 Å². The number of rotatable bonds is 5. The van der Waals surface area contributed by atoms with Crippen molar-refractivity contribution in [1.29, 1.82) is 0 Å². The van der Waals surface area contributed by atoms with E-state index in [0.717, 1.165) is 40.7 Å². The molecule has 0 amide bonds. The Morgan fingerprint density at radius 2 is 2.22 bits per heavy atom. The summed E-state index contributed by atoms with van der Waals surface area (Å²) in [6.45, 7) is 9.14. The molecule has 0 spiro atoms. The fraction of sp³-hybridized carbons (Fsp3) is 0.500. The lowest BCUT2D eigenvalue weighted by Crippen LogP contribution is -2.18. The van der Waals surface area contributed by atoms with E-state index in [2.05, 4.69) is 50.1 Å². The summed E-state index contributed by atoms with van der Waals surface area (Å²) in [4.78, 5) is 5.81. The van der Waals surface area contributed by atoms with Crippen LogP contribution in [0.5, 0.6) is 11.5 Å². The Morgan fingerprint density at radius 1 is 1.43 bits per heavy atom. The maximum atomic E-state index is 5.87. The summed E-state index contributed by atoms with van der Waals surface area (Å²) in [5, 5.41) is 4.70. The molecular weight excluding hydrogens is 308 g/mol. The van der Waals surface area contributed by atoms with Gasteiger partial charge in [0.1, 0.15) is 17.6 Å². The van der Waals surface area contributed by atoms with Crippen LogP contribution in [0.1, 0.15) is 46.6 Å². The highest BCUT2D eigenvalue weighted by molar-refractivity contribution is 7.11. The van der Waals surface area contributed by atoms with Crippen LogP contribution >= 0.6 is 11.3 Å². The van der Waals surface area contributed by atoms with Gasteiger partial charge in [0, 0.05) is 35.0 Å². The van der Waals surface area contributed by atoms with E-state index in [1.54, 1.807) is 18.4 Å². The van der Waals surface area contributed by atoms with E-state index >= 15 is 0 Å². The van der Waals surface area contributed by atoms with Gasteiger partial charge in [-0.3, -0.25) is 0 Å². The van der Waals surface area contributed by atoms with Crippen molar-refractivity contribution in [3.05, 3.63) is 38.8 Å². The predicted molar refractivity (Wildman–Crippen MR) is 93.6 cm³/mol. The molecule has 5 heteroatoms.